The zero-order chi connectivity index (χ0) is 13.3. The fourth-order valence-corrected chi connectivity index (χ4v) is 1.24. The van der Waals surface area contributed by atoms with Gasteiger partial charge in [-0.1, -0.05) is 0 Å². The summed E-state index contributed by atoms with van der Waals surface area (Å²) in [4.78, 5) is 32.7. The van der Waals surface area contributed by atoms with Crippen LogP contribution in [0.2, 0.25) is 0 Å². The Bertz CT molecular complexity index is 281. The van der Waals surface area contributed by atoms with E-state index in [0.29, 0.717) is 13.0 Å². The number of amides is 2. The summed E-state index contributed by atoms with van der Waals surface area (Å²) >= 11 is 0. The van der Waals surface area contributed by atoms with Crippen molar-refractivity contribution in [1.82, 2.24) is 10.6 Å². The number of carboxylic acids is 1. The molecule has 7 heteroatoms. The summed E-state index contributed by atoms with van der Waals surface area (Å²) in [5, 5.41) is 14.1. The molecule has 5 N–H and O–H groups in total. The third-order valence-electron chi connectivity index (χ3n) is 2.14. The summed E-state index contributed by atoms with van der Waals surface area (Å²) in [6.45, 7) is 0.687. The van der Waals surface area contributed by atoms with E-state index in [1.165, 1.54) is 0 Å². The van der Waals surface area contributed by atoms with Crippen LogP contribution in [0.1, 0.15) is 25.7 Å². The minimum absolute atomic E-state index is 0.0163. The Kier molecular flexibility index (Phi) is 7.70. The van der Waals surface area contributed by atoms with Crippen molar-refractivity contribution in [2.45, 2.75) is 31.7 Å². The molecule has 0 aliphatic rings. The topological polar surface area (TPSA) is 122 Å². The van der Waals surface area contributed by atoms with E-state index < -0.39 is 17.9 Å². The van der Waals surface area contributed by atoms with Gasteiger partial charge in [0.15, 0.2) is 0 Å². The molecule has 0 heterocycles. The number of nitrogens with two attached hydrogens (primary N) is 1. The molecule has 0 aromatic heterocycles. The summed E-state index contributed by atoms with van der Waals surface area (Å²) in [5.74, 6) is -2.08. The van der Waals surface area contributed by atoms with E-state index in [1.54, 1.807) is 7.05 Å². The first-order chi connectivity index (χ1) is 7.97. The fraction of sp³-hybridized carbons (Fsp3) is 0.700. The van der Waals surface area contributed by atoms with Gasteiger partial charge in [-0.05, 0) is 26.4 Å². The number of rotatable bonds is 9. The Morgan fingerprint density at radius 3 is 2.41 bits per heavy atom. The highest BCUT2D eigenvalue weighted by molar-refractivity contribution is 5.84. The maximum Gasteiger partial charge on any atom is 0.326 e. The van der Waals surface area contributed by atoms with Crippen LogP contribution in [0.25, 0.3) is 0 Å². The number of nitrogens with one attached hydrogen (secondary N) is 2. The molecule has 0 aromatic rings. The van der Waals surface area contributed by atoms with Crippen molar-refractivity contribution in [3.63, 3.8) is 0 Å². The molecular weight excluding hydrogens is 226 g/mol. The van der Waals surface area contributed by atoms with Crippen LogP contribution < -0.4 is 16.4 Å². The number of hydrogen-bond acceptors (Lipinski definition) is 4. The third-order valence-corrected chi connectivity index (χ3v) is 2.14. The zero-order valence-corrected chi connectivity index (χ0v) is 9.86. The monoisotopic (exact) mass is 245 g/mol. The number of aliphatic carboxylic acids is 1. The minimum atomic E-state index is -1.16. The predicted molar refractivity (Wildman–Crippen MR) is 61.2 cm³/mol. The van der Waals surface area contributed by atoms with Crippen LogP contribution in [-0.4, -0.2) is 42.5 Å². The average molecular weight is 245 g/mol. The summed E-state index contributed by atoms with van der Waals surface area (Å²) < 4.78 is 0. The van der Waals surface area contributed by atoms with E-state index in [1.807, 2.05) is 0 Å². The van der Waals surface area contributed by atoms with Gasteiger partial charge in [-0.3, -0.25) is 9.59 Å². The van der Waals surface area contributed by atoms with E-state index in [0.717, 1.165) is 0 Å². The lowest BCUT2D eigenvalue weighted by Gasteiger charge is -2.13. The predicted octanol–water partition coefficient (Wildman–Crippen LogP) is -1.18. The van der Waals surface area contributed by atoms with E-state index >= 15 is 0 Å². The lowest BCUT2D eigenvalue weighted by atomic mass is 10.1. The molecule has 0 saturated heterocycles. The molecule has 7 nitrogen and oxygen atoms in total. The number of carboxylic acid groups (broad SMARTS) is 1. The highest BCUT2D eigenvalue weighted by Gasteiger charge is 2.19. The van der Waals surface area contributed by atoms with Crippen molar-refractivity contribution in [2.24, 2.45) is 5.73 Å². The van der Waals surface area contributed by atoms with Gasteiger partial charge >= 0.3 is 5.97 Å². The molecule has 0 aromatic carbocycles. The Morgan fingerprint density at radius 1 is 1.29 bits per heavy atom. The third kappa shape index (κ3) is 8.21. The summed E-state index contributed by atoms with van der Waals surface area (Å²) in [6, 6.07) is -1.05. The lowest BCUT2D eigenvalue weighted by molar-refractivity contribution is -0.142. The molecule has 0 saturated carbocycles. The van der Waals surface area contributed by atoms with Crippen molar-refractivity contribution < 1.29 is 19.5 Å². The van der Waals surface area contributed by atoms with E-state index in [9.17, 15) is 14.4 Å². The first-order valence-electron chi connectivity index (χ1n) is 5.42. The molecule has 0 spiro atoms. The molecule has 98 valence electrons. The highest BCUT2D eigenvalue weighted by atomic mass is 16.4. The minimum Gasteiger partial charge on any atom is -0.480 e. The molecule has 17 heavy (non-hydrogen) atoms. The summed E-state index contributed by atoms with van der Waals surface area (Å²) in [7, 11) is 1.77. The van der Waals surface area contributed by atoms with E-state index in [2.05, 4.69) is 10.6 Å². The van der Waals surface area contributed by atoms with Crippen LogP contribution in [0.15, 0.2) is 0 Å². The summed E-state index contributed by atoms with van der Waals surface area (Å²) in [6.07, 6.45) is 0.835. The quantitative estimate of drug-likeness (QED) is 0.381. The van der Waals surface area contributed by atoms with Gasteiger partial charge in [0.25, 0.3) is 0 Å². The van der Waals surface area contributed by atoms with Crippen LogP contribution in [0.4, 0.5) is 0 Å². The van der Waals surface area contributed by atoms with Crippen LogP contribution in [-0.2, 0) is 14.4 Å². The van der Waals surface area contributed by atoms with Crippen molar-refractivity contribution in [3.8, 4) is 0 Å². The Balaban J connectivity index is 4.02. The second-order valence-electron chi connectivity index (χ2n) is 3.67. The molecule has 0 bridgehead atoms. The van der Waals surface area contributed by atoms with Gasteiger partial charge < -0.3 is 21.5 Å². The van der Waals surface area contributed by atoms with Gasteiger partial charge in [-0.25, -0.2) is 4.79 Å². The van der Waals surface area contributed by atoms with Gasteiger partial charge in [0.1, 0.15) is 6.04 Å². The molecule has 0 fully saturated rings. The van der Waals surface area contributed by atoms with E-state index in [4.69, 9.17) is 10.8 Å². The molecule has 0 aliphatic heterocycles. The van der Waals surface area contributed by atoms with Gasteiger partial charge in [-0.15, -0.1) is 0 Å². The second-order valence-corrected chi connectivity index (χ2v) is 3.67. The van der Waals surface area contributed by atoms with Gasteiger partial charge in [0.2, 0.25) is 11.8 Å². The normalized spacial score (nSPS) is 11.8. The Labute approximate surface area is 99.7 Å². The molecule has 1 atom stereocenters. The van der Waals surface area contributed by atoms with E-state index in [-0.39, 0.29) is 25.2 Å². The largest absolute Gasteiger partial charge is 0.480 e. The summed E-state index contributed by atoms with van der Waals surface area (Å²) in [5.41, 5.74) is 4.92. The van der Waals surface area contributed by atoms with Crippen LogP contribution in [0, 0.1) is 0 Å². The maximum absolute atomic E-state index is 11.4. The van der Waals surface area contributed by atoms with Crippen molar-refractivity contribution in [2.75, 3.05) is 13.6 Å². The number of carbonyl (C=O) groups is 3. The SMILES string of the molecule is CNCCCC(=O)N[C@@H](CCC(N)=O)C(=O)O. The maximum atomic E-state index is 11.4. The Morgan fingerprint density at radius 2 is 1.94 bits per heavy atom. The molecule has 0 radical (unpaired) electrons. The van der Waals surface area contributed by atoms with Gasteiger partial charge in [0, 0.05) is 12.8 Å². The van der Waals surface area contributed by atoms with Crippen molar-refractivity contribution in [3.05, 3.63) is 0 Å². The van der Waals surface area contributed by atoms with Gasteiger partial charge in [-0.2, -0.15) is 0 Å². The molecule has 2 amide bonds. The lowest BCUT2D eigenvalue weighted by Crippen LogP contribution is -2.41. The first-order valence-corrected chi connectivity index (χ1v) is 5.42. The van der Waals surface area contributed by atoms with Crippen LogP contribution >= 0.6 is 0 Å². The first kappa shape index (κ1) is 15.4. The van der Waals surface area contributed by atoms with Crippen molar-refractivity contribution >= 4 is 17.8 Å². The molecule has 0 unspecified atom stereocenters. The second kappa shape index (κ2) is 8.51. The average Bonchev–Trinajstić information content (AvgIpc) is 2.23. The van der Waals surface area contributed by atoms with Crippen LogP contribution in [0.3, 0.4) is 0 Å². The Hall–Kier alpha value is -1.63. The highest BCUT2D eigenvalue weighted by Crippen LogP contribution is 1.99. The number of hydrogen-bond donors (Lipinski definition) is 4. The zero-order valence-electron chi connectivity index (χ0n) is 9.86. The van der Waals surface area contributed by atoms with Gasteiger partial charge in [0.05, 0.1) is 0 Å². The standard InChI is InChI=1S/C10H19N3O4/c1-12-6-2-3-9(15)13-7(10(16)17)4-5-8(11)14/h7,12H,2-6H2,1H3,(H2,11,14)(H,13,15)(H,16,17)/t7-/m0/s1. The number of carbonyl (C=O) groups excluding carboxylic acids is 2. The number of primary amides is 1. The molecule has 0 aliphatic carbocycles. The van der Waals surface area contributed by atoms with Crippen LogP contribution in [0.5, 0.6) is 0 Å². The smallest absolute Gasteiger partial charge is 0.326 e. The fourth-order valence-electron chi connectivity index (χ4n) is 1.24. The molecule has 0 rings (SSSR count). The molecular formula is C10H19N3O4. The van der Waals surface area contributed by atoms with Crippen molar-refractivity contribution in [1.29, 1.82) is 0 Å².